The van der Waals surface area contributed by atoms with Crippen LogP contribution >= 0.6 is 11.3 Å². The summed E-state index contributed by atoms with van der Waals surface area (Å²) in [6.45, 7) is 4.50. The Labute approximate surface area is 103 Å². The first-order valence-corrected chi connectivity index (χ1v) is 7.12. The summed E-state index contributed by atoms with van der Waals surface area (Å²) in [5.41, 5.74) is 0. The number of thiophene rings is 1. The highest BCUT2D eigenvalue weighted by Crippen LogP contribution is 2.23. The van der Waals surface area contributed by atoms with Gasteiger partial charge in [-0.2, -0.15) is 0 Å². The molecule has 1 unspecified atom stereocenters. The Morgan fingerprint density at radius 2 is 2.38 bits per heavy atom. The van der Waals surface area contributed by atoms with Gasteiger partial charge in [0.15, 0.2) is 0 Å². The van der Waals surface area contributed by atoms with Crippen LogP contribution in [0.5, 0.6) is 0 Å². The smallest absolute Gasteiger partial charge is 0.0386 e. The molecule has 0 aliphatic heterocycles. The molecule has 1 saturated carbocycles. The van der Waals surface area contributed by atoms with E-state index < -0.39 is 0 Å². The molecule has 1 aliphatic rings. The van der Waals surface area contributed by atoms with Crippen molar-refractivity contribution in [1.29, 1.82) is 0 Å². The Bertz CT molecular complexity index is 293. The highest BCUT2D eigenvalue weighted by Gasteiger charge is 2.21. The number of rotatable bonds is 6. The molecule has 1 heterocycles. The van der Waals surface area contributed by atoms with Crippen LogP contribution in [0.3, 0.4) is 0 Å². The van der Waals surface area contributed by atoms with Gasteiger partial charge in [0.1, 0.15) is 0 Å². The van der Waals surface area contributed by atoms with Gasteiger partial charge in [0, 0.05) is 30.1 Å². The molecule has 0 saturated heterocycles. The van der Waals surface area contributed by atoms with Gasteiger partial charge in [0.25, 0.3) is 0 Å². The lowest BCUT2D eigenvalue weighted by Gasteiger charge is -2.35. The maximum atomic E-state index is 3.59. The van der Waals surface area contributed by atoms with Gasteiger partial charge in [0.05, 0.1) is 0 Å². The van der Waals surface area contributed by atoms with Gasteiger partial charge in [-0.05, 0) is 38.3 Å². The molecule has 2 rings (SSSR count). The van der Waals surface area contributed by atoms with Crippen LogP contribution in [-0.2, 0) is 0 Å². The van der Waals surface area contributed by atoms with Crippen molar-refractivity contribution < 1.29 is 0 Å². The molecule has 16 heavy (non-hydrogen) atoms. The van der Waals surface area contributed by atoms with Crippen molar-refractivity contribution in [3.8, 4) is 0 Å². The standard InChI is InChI=1S/C13H22N2S/c1-11(13-7-4-10-16-13)14-8-9-15(2)12-5-3-6-12/h4,7,10-12,14H,3,5-6,8-9H2,1-2H3. The Kier molecular flexibility index (Phi) is 4.38. The third-order valence-electron chi connectivity index (χ3n) is 3.58. The zero-order valence-corrected chi connectivity index (χ0v) is 11.1. The quantitative estimate of drug-likeness (QED) is 0.820. The summed E-state index contributed by atoms with van der Waals surface area (Å²) >= 11 is 1.84. The van der Waals surface area contributed by atoms with E-state index >= 15 is 0 Å². The van der Waals surface area contributed by atoms with E-state index in [1.807, 2.05) is 11.3 Å². The predicted molar refractivity (Wildman–Crippen MR) is 71.0 cm³/mol. The summed E-state index contributed by atoms with van der Waals surface area (Å²) in [4.78, 5) is 3.93. The molecule has 1 aliphatic carbocycles. The first-order chi connectivity index (χ1) is 7.77. The lowest BCUT2D eigenvalue weighted by Crippen LogP contribution is -2.41. The second kappa shape index (κ2) is 5.80. The van der Waals surface area contributed by atoms with E-state index in [9.17, 15) is 0 Å². The first kappa shape index (κ1) is 12.1. The van der Waals surface area contributed by atoms with Crippen molar-refractivity contribution in [3.05, 3.63) is 22.4 Å². The van der Waals surface area contributed by atoms with Gasteiger partial charge in [-0.3, -0.25) is 0 Å². The maximum absolute atomic E-state index is 3.59. The fraction of sp³-hybridized carbons (Fsp3) is 0.692. The van der Waals surface area contributed by atoms with Gasteiger partial charge in [-0.1, -0.05) is 12.5 Å². The predicted octanol–water partition coefficient (Wildman–Crippen LogP) is 2.88. The third kappa shape index (κ3) is 3.06. The second-order valence-corrected chi connectivity index (χ2v) is 5.74. The summed E-state index contributed by atoms with van der Waals surface area (Å²) < 4.78 is 0. The van der Waals surface area contributed by atoms with Crippen molar-refractivity contribution >= 4 is 11.3 Å². The van der Waals surface area contributed by atoms with Gasteiger partial charge in [0.2, 0.25) is 0 Å². The van der Waals surface area contributed by atoms with Crippen LogP contribution in [0.25, 0.3) is 0 Å². The SMILES string of the molecule is CC(NCCN(C)C1CCC1)c1cccs1. The molecule has 1 aromatic rings. The Hall–Kier alpha value is -0.380. The molecular weight excluding hydrogens is 216 g/mol. The zero-order valence-electron chi connectivity index (χ0n) is 10.3. The fourth-order valence-corrected chi connectivity index (χ4v) is 2.86. The second-order valence-electron chi connectivity index (χ2n) is 4.76. The molecule has 2 nitrogen and oxygen atoms in total. The molecule has 1 aromatic heterocycles. The largest absolute Gasteiger partial charge is 0.308 e. The summed E-state index contributed by atoms with van der Waals surface area (Å²) in [6.07, 6.45) is 4.22. The minimum Gasteiger partial charge on any atom is -0.308 e. The molecule has 1 N–H and O–H groups in total. The maximum Gasteiger partial charge on any atom is 0.0386 e. The molecule has 3 heteroatoms. The third-order valence-corrected chi connectivity index (χ3v) is 4.64. The number of hydrogen-bond acceptors (Lipinski definition) is 3. The molecule has 0 aromatic carbocycles. The summed E-state index contributed by atoms with van der Waals surface area (Å²) in [5.74, 6) is 0. The minimum atomic E-state index is 0.495. The van der Waals surface area contributed by atoms with Crippen molar-refractivity contribution in [1.82, 2.24) is 10.2 Å². The summed E-state index contributed by atoms with van der Waals surface area (Å²) in [5, 5.41) is 5.73. The molecule has 0 bridgehead atoms. The fourth-order valence-electron chi connectivity index (χ4n) is 2.11. The number of likely N-dealkylation sites (N-methyl/N-ethyl adjacent to an activating group) is 1. The van der Waals surface area contributed by atoms with Gasteiger partial charge >= 0.3 is 0 Å². The van der Waals surface area contributed by atoms with E-state index in [4.69, 9.17) is 0 Å². The first-order valence-electron chi connectivity index (χ1n) is 6.24. The Balaban J connectivity index is 1.63. The Morgan fingerprint density at radius 3 is 2.94 bits per heavy atom. The molecule has 90 valence electrons. The van der Waals surface area contributed by atoms with E-state index in [1.165, 1.54) is 30.7 Å². The zero-order chi connectivity index (χ0) is 11.4. The van der Waals surface area contributed by atoms with Crippen molar-refractivity contribution in [2.24, 2.45) is 0 Å². The van der Waals surface area contributed by atoms with Crippen LogP contribution in [0.4, 0.5) is 0 Å². The van der Waals surface area contributed by atoms with Crippen molar-refractivity contribution in [3.63, 3.8) is 0 Å². The average molecular weight is 238 g/mol. The van der Waals surface area contributed by atoms with E-state index in [2.05, 4.69) is 41.7 Å². The van der Waals surface area contributed by atoms with Crippen LogP contribution in [0, 0.1) is 0 Å². The van der Waals surface area contributed by atoms with Gasteiger partial charge < -0.3 is 10.2 Å². The summed E-state index contributed by atoms with van der Waals surface area (Å²) in [7, 11) is 2.25. The molecule has 0 spiro atoms. The lowest BCUT2D eigenvalue weighted by molar-refractivity contribution is 0.159. The number of nitrogens with zero attached hydrogens (tertiary/aromatic N) is 1. The molecule has 1 fully saturated rings. The van der Waals surface area contributed by atoms with Crippen LogP contribution in [0.15, 0.2) is 17.5 Å². The molecule has 0 radical (unpaired) electrons. The van der Waals surface area contributed by atoms with E-state index in [1.54, 1.807) is 0 Å². The van der Waals surface area contributed by atoms with Crippen LogP contribution in [0.1, 0.15) is 37.1 Å². The van der Waals surface area contributed by atoms with Crippen LogP contribution < -0.4 is 5.32 Å². The average Bonchev–Trinajstić information content (AvgIpc) is 2.67. The molecule has 1 atom stereocenters. The van der Waals surface area contributed by atoms with E-state index in [0.29, 0.717) is 6.04 Å². The number of hydrogen-bond donors (Lipinski definition) is 1. The van der Waals surface area contributed by atoms with Crippen LogP contribution in [0.2, 0.25) is 0 Å². The normalized spacial score (nSPS) is 18.7. The molecule has 0 amide bonds. The minimum absolute atomic E-state index is 0.495. The van der Waals surface area contributed by atoms with Gasteiger partial charge in [-0.15, -0.1) is 11.3 Å². The Morgan fingerprint density at radius 1 is 1.56 bits per heavy atom. The molecular formula is C13H22N2S. The van der Waals surface area contributed by atoms with E-state index in [0.717, 1.165) is 12.6 Å². The van der Waals surface area contributed by atoms with E-state index in [-0.39, 0.29) is 0 Å². The lowest BCUT2D eigenvalue weighted by atomic mass is 9.92. The highest BCUT2D eigenvalue weighted by molar-refractivity contribution is 7.10. The van der Waals surface area contributed by atoms with Gasteiger partial charge in [-0.25, -0.2) is 0 Å². The monoisotopic (exact) mass is 238 g/mol. The van der Waals surface area contributed by atoms with Crippen molar-refractivity contribution in [2.45, 2.75) is 38.3 Å². The summed E-state index contributed by atoms with van der Waals surface area (Å²) in [6, 6.07) is 5.69. The topological polar surface area (TPSA) is 15.3 Å². The number of nitrogens with one attached hydrogen (secondary N) is 1. The van der Waals surface area contributed by atoms with Crippen molar-refractivity contribution in [2.75, 3.05) is 20.1 Å². The van der Waals surface area contributed by atoms with Crippen LogP contribution in [-0.4, -0.2) is 31.1 Å². The highest BCUT2D eigenvalue weighted by atomic mass is 32.1.